The summed E-state index contributed by atoms with van der Waals surface area (Å²) in [6.07, 6.45) is 2.62. The number of rotatable bonds is 7. The molecule has 158 valence electrons. The minimum atomic E-state index is -0.858. The van der Waals surface area contributed by atoms with Gasteiger partial charge in [-0.3, -0.25) is 4.79 Å². The molecule has 0 spiro atoms. The van der Waals surface area contributed by atoms with Crippen LogP contribution in [0.3, 0.4) is 0 Å². The topological polar surface area (TPSA) is 89.6 Å². The summed E-state index contributed by atoms with van der Waals surface area (Å²) in [6, 6.07) is 14.3. The van der Waals surface area contributed by atoms with Crippen LogP contribution in [0.2, 0.25) is 0 Å². The predicted octanol–water partition coefficient (Wildman–Crippen LogP) is 4.01. The molecular formula is C22H17F2N3O4. The lowest BCUT2D eigenvalue weighted by molar-refractivity contribution is -0.136. The average molecular weight is 425 g/mol. The van der Waals surface area contributed by atoms with Gasteiger partial charge in [0.2, 0.25) is 5.88 Å². The second-order valence-electron chi connectivity index (χ2n) is 6.08. The lowest BCUT2D eigenvalue weighted by Gasteiger charge is -2.10. The number of carbonyl (C=O) groups excluding carboxylic acids is 2. The van der Waals surface area contributed by atoms with Gasteiger partial charge in [-0.25, -0.2) is 18.6 Å². The first kappa shape index (κ1) is 21.4. The molecule has 0 aliphatic heterocycles. The summed E-state index contributed by atoms with van der Waals surface area (Å²) in [5.41, 5.74) is 0.695. The molecule has 0 saturated heterocycles. The summed E-state index contributed by atoms with van der Waals surface area (Å²) in [5.74, 6) is -2.91. The van der Waals surface area contributed by atoms with Crippen LogP contribution in [0.15, 0.2) is 78.8 Å². The van der Waals surface area contributed by atoms with Crippen molar-refractivity contribution in [2.45, 2.75) is 0 Å². The number of hydrogen-bond donors (Lipinski definition) is 2. The number of esters is 1. The smallest absolute Gasteiger partial charge is 0.356 e. The first-order valence-corrected chi connectivity index (χ1v) is 8.96. The zero-order valence-corrected chi connectivity index (χ0v) is 16.3. The normalized spacial score (nSPS) is 10.9. The molecule has 0 aliphatic carbocycles. The maximum atomic E-state index is 13.7. The highest BCUT2D eigenvalue weighted by Crippen LogP contribution is 2.24. The zero-order valence-electron chi connectivity index (χ0n) is 16.3. The molecule has 3 aromatic rings. The van der Waals surface area contributed by atoms with Gasteiger partial charge in [0.1, 0.15) is 11.5 Å². The highest BCUT2D eigenvalue weighted by atomic mass is 19.1. The minimum absolute atomic E-state index is 0.0746. The number of aromatic nitrogens is 1. The van der Waals surface area contributed by atoms with E-state index in [-0.39, 0.29) is 17.3 Å². The fourth-order valence-electron chi connectivity index (χ4n) is 2.39. The van der Waals surface area contributed by atoms with Crippen molar-refractivity contribution in [1.29, 1.82) is 0 Å². The van der Waals surface area contributed by atoms with Crippen molar-refractivity contribution in [1.82, 2.24) is 10.3 Å². The molecule has 31 heavy (non-hydrogen) atoms. The fraction of sp³-hybridized carbons (Fsp3) is 0.0455. The van der Waals surface area contributed by atoms with Crippen LogP contribution in [0.1, 0.15) is 10.4 Å². The molecule has 1 heterocycles. The van der Waals surface area contributed by atoms with Gasteiger partial charge in [-0.2, -0.15) is 0 Å². The van der Waals surface area contributed by atoms with Gasteiger partial charge >= 0.3 is 5.97 Å². The number of nitrogens with zero attached hydrogens (tertiary/aromatic N) is 1. The van der Waals surface area contributed by atoms with E-state index in [9.17, 15) is 18.4 Å². The highest BCUT2D eigenvalue weighted by molar-refractivity contribution is 6.01. The van der Waals surface area contributed by atoms with Crippen LogP contribution < -0.4 is 15.4 Å². The van der Waals surface area contributed by atoms with Crippen molar-refractivity contribution in [2.75, 3.05) is 12.4 Å². The van der Waals surface area contributed by atoms with Gasteiger partial charge in [-0.1, -0.05) is 18.2 Å². The van der Waals surface area contributed by atoms with Crippen LogP contribution in [-0.2, 0) is 9.53 Å². The van der Waals surface area contributed by atoms with E-state index >= 15 is 0 Å². The van der Waals surface area contributed by atoms with Gasteiger partial charge in [0.25, 0.3) is 5.91 Å². The number of ether oxygens (including phenoxy) is 2. The number of carbonyl (C=O) groups is 2. The number of anilines is 1. The highest BCUT2D eigenvalue weighted by Gasteiger charge is 2.14. The number of nitrogens with one attached hydrogen (secondary N) is 2. The van der Waals surface area contributed by atoms with Crippen LogP contribution in [0.5, 0.6) is 11.6 Å². The van der Waals surface area contributed by atoms with E-state index in [1.54, 1.807) is 36.4 Å². The third-order valence-electron chi connectivity index (χ3n) is 3.92. The van der Waals surface area contributed by atoms with E-state index in [0.29, 0.717) is 17.3 Å². The molecule has 2 N–H and O–H groups in total. The summed E-state index contributed by atoms with van der Waals surface area (Å²) < 4.78 is 36.6. The van der Waals surface area contributed by atoms with Gasteiger partial charge in [-0.05, 0) is 30.3 Å². The van der Waals surface area contributed by atoms with E-state index < -0.39 is 23.5 Å². The zero-order chi connectivity index (χ0) is 22.2. The molecule has 9 heteroatoms. The third kappa shape index (κ3) is 5.86. The van der Waals surface area contributed by atoms with Crippen LogP contribution in [0, 0.1) is 11.6 Å². The Morgan fingerprint density at radius 1 is 1.03 bits per heavy atom. The number of methoxy groups -OCH3 is 1. The van der Waals surface area contributed by atoms with E-state index in [0.717, 1.165) is 12.1 Å². The molecule has 7 nitrogen and oxygen atoms in total. The minimum Gasteiger partial charge on any atom is -0.464 e. The maximum Gasteiger partial charge on any atom is 0.356 e. The van der Waals surface area contributed by atoms with Crippen LogP contribution >= 0.6 is 0 Å². The summed E-state index contributed by atoms with van der Waals surface area (Å²) in [4.78, 5) is 28.3. The van der Waals surface area contributed by atoms with E-state index in [1.165, 1.54) is 25.6 Å². The average Bonchev–Trinajstić information content (AvgIpc) is 2.79. The molecule has 2 aromatic carbocycles. The fourth-order valence-corrected chi connectivity index (χ4v) is 2.39. The Hall–Kier alpha value is -4.27. The van der Waals surface area contributed by atoms with Gasteiger partial charge in [0, 0.05) is 23.9 Å². The molecule has 0 bridgehead atoms. The number of pyridine rings is 1. The molecule has 1 amide bonds. The molecule has 1 aromatic heterocycles. The second kappa shape index (κ2) is 9.97. The molecule has 0 unspecified atom stereocenters. The molecule has 3 rings (SSSR count). The van der Waals surface area contributed by atoms with Crippen molar-refractivity contribution < 1.29 is 27.8 Å². The van der Waals surface area contributed by atoms with E-state index in [2.05, 4.69) is 20.4 Å². The first-order valence-electron chi connectivity index (χ1n) is 8.96. The molecule has 0 fully saturated rings. The number of hydrogen-bond acceptors (Lipinski definition) is 6. The summed E-state index contributed by atoms with van der Waals surface area (Å²) >= 11 is 0. The Morgan fingerprint density at radius 3 is 2.45 bits per heavy atom. The number of amides is 1. The summed E-state index contributed by atoms with van der Waals surface area (Å²) in [6.45, 7) is 0. The molecule has 0 saturated carbocycles. The van der Waals surface area contributed by atoms with Crippen molar-refractivity contribution in [3.05, 3.63) is 96.0 Å². The van der Waals surface area contributed by atoms with Gasteiger partial charge in [0.05, 0.1) is 19.0 Å². The largest absolute Gasteiger partial charge is 0.464 e. The van der Waals surface area contributed by atoms with Gasteiger partial charge in [-0.15, -0.1) is 0 Å². The van der Waals surface area contributed by atoms with Crippen molar-refractivity contribution >= 4 is 17.6 Å². The lowest BCUT2D eigenvalue weighted by Crippen LogP contribution is -2.28. The molecular weight excluding hydrogens is 408 g/mol. The first-order chi connectivity index (χ1) is 15.0. The molecule has 0 aliphatic rings. The third-order valence-corrected chi connectivity index (χ3v) is 3.92. The molecule has 0 radical (unpaired) electrons. The summed E-state index contributed by atoms with van der Waals surface area (Å²) in [5, 5.41) is 5.28. The van der Waals surface area contributed by atoms with E-state index in [4.69, 9.17) is 4.74 Å². The Kier molecular flexibility index (Phi) is 6.89. The second-order valence-corrected chi connectivity index (χ2v) is 6.08. The van der Waals surface area contributed by atoms with Gasteiger partial charge in [0.15, 0.2) is 11.6 Å². The maximum absolute atomic E-state index is 13.7. The SMILES string of the molecule is COC(=O)/C(=C\Nc1ccc(Oc2ccc(F)cc2F)nc1)NC(=O)c1ccccc1. The van der Waals surface area contributed by atoms with Crippen LogP contribution in [0.4, 0.5) is 14.5 Å². The lowest BCUT2D eigenvalue weighted by atomic mass is 10.2. The Labute approximate surface area is 176 Å². The van der Waals surface area contributed by atoms with Crippen molar-refractivity contribution in [2.24, 2.45) is 0 Å². The molecule has 0 atom stereocenters. The Morgan fingerprint density at radius 2 is 1.81 bits per heavy atom. The van der Waals surface area contributed by atoms with Crippen LogP contribution in [-0.4, -0.2) is 24.0 Å². The number of benzene rings is 2. The standard InChI is InChI=1S/C22H17F2N3O4/c1-30-22(29)18(27-21(28)14-5-3-2-4-6-14)13-25-16-8-10-20(26-12-16)31-19-9-7-15(23)11-17(19)24/h2-13,25H,1H3,(H,27,28)/b18-13+. The van der Waals surface area contributed by atoms with Gasteiger partial charge < -0.3 is 20.1 Å². The quantitative estimate of drug-likeness (QED) is 0.439. The van der Waals surface area contributed by atoms with Crippen molar-refractivity contribution in [3.8, 4) is 11.6 Å². The summed E-state index contributed by atoms with van der Waals surface area (Å²) in [7, 11) is 1.19. The number of halogens is 2. The van der Waals surface area contributed by atoms with Crippen LogP contribution in [0.25, 0.3) is 0 Å². The Bertz CT molecular complexity index is 1100. The predicted molar refractivity (Wildman–Crippen MR) is 108 cm³/mol. The van der Waals surface area contributed by atoms with E-state index in [1.807, 2.05) is 0 Å². The monoisotopic (exact) mass is 425 g/mol. The Balaban J connectivity index is 1.68. The van der Waals surface area contributed by atoms with Crippen molar-refractivity contribution in [3.63, 3.8) is 0 Å².